The van der Waals surface area contributed by atoms with Crippen LogP contribution in [0.4, 0.5) is 10.5 Å². The number of hydrogen-bond donors (Lipinski definition) is 1. The Balaban J connectivity index is 1.47. The van der Waals surface area contributed by atoms with Gasteiger partial charge in [-0.3, -0.25) is 24.6 Å². The predicted octanol–water partition coefficient (Wildman–Crippen LogP) is 2.91. The van der Waals surface area contributed by atoms with Gasteiger partial charge in [-0.1, -0.05) is 13.0 Å². The van der Waals surface area contributed by atoms with Crippen LogP contribution in [-0.4, -0.2) is 55.9 Å². The molecule has 35 heavy (non-hydrogen) atoms. The number of carbonyl (C=O) groups excluding carboxylic acids is 3. The summed E-state index contributed by atoms with van der Waals surface area (Å²) in [4.78, 5) is 52.3. The minimum atomic E-state index is -1.45. The highest BCUT2D eigenvalue weighted by molar-refractivity contribution is 7.13. The van der Waals surface area contributed by atoms with Crippen molar-refractivity contribution >= 4 is 34.9 Å². The van der Waals surface area contributed by atoms with Crippen LogP contribution in [0.2, 0.25) is 0 Å². The topological polar surface area (TPSA) is 152 Å². The number of hydrogen-bond acceptors (Lipinski definition) is 9. The average Bonchev–Trinajstić information content (AvgIpc) is 3.57. The lowest BCUT2D eigenvalue weighted by Crippen LogP contribution is -2.44. The molecular formula is C22H22N6O6S. The van der Waals surface area contributed by atoms with Crippen molar-refractivity contribution in [3.63, 3.8) is 0 Å². The molecule has 0 radical (unpaired) electrons. The molecule has 4 amide bonds. The van der Waals surface area contributed by atoms with E-state index < -0.39 is 34.9 Å². The van der Waals surface area contributed by atoms with Crippen LogP contribution < -0.4 is 5.32 Å². The zero-order valence-corrected chi connectivity index (χ0v) is 19.8. The fourth-order valence-electron chi connectivity index (χ4n) is 3.73. The Morgan fingerprint density at radius 1 is 1.26 bits per heavy atom. The minimum Gasteiger partial charge on any atom is -0.418 e. The number of non-ortho nitro benzene ring substituents is 1. The number of nitrogens with one attached hydrogen (secondary N) is 1. The molecule has 0 bridgehead atoms. The molecule has 1 unspecified atom stereocenters. The summed E-state index contributed by atoms with van der Waals surface area (Å²) in [6.07, 6.45) is 0.637. The van der Waals surface area contributed by atoms with Crippen molar-refractivity contribution in [3.8, 4) is 10.8 Å². The van der Waals surface area contributed by atoms with Gasteiger partial charge in [0.25, 0.3) is 17.5 Å². The van der Waals surface area contributed by atoms with E-state index in [2.05, 4.69) is 15.5 Å². The molecule has 0 spiro atoms. The van der Waals surface area contributed by atoms with Crippen LogP contribution >= 0.6 is 11.3 Å². The molecule has 1 aliphatic heterocycles. The van der Waals surface area contributed by atoms with Crippen LogP contribution in [0.1, 0.15) is 31.7 Å². The number of urea groups is 1. The zero-order valence-electron chi connectivity index (χ0n) is 19.0. The van der Waals surface area contributed by atoms with Crippen molar-refractivity contribution in [2.75, 3.05) is 13.1 Å². The molecule has 1 fully saturated rings. The van der Waals surface area contributed by atoms with Crippen molar-refractivity contribution in [1.29, 1.82) is 0 Å². The standard InChI is InChI=1S/C22H22N6O6S/c1-3-10-26(12-17-24-25-19(34-17)16-5-4-11-35-16)18(29)13-27-20(30)22(2,23-21(27)31)14-6-8-15(9-7-14)28(32)33/h4-9,11H,3,10,12-13H2,1-2H3,(H,23,31). The van der Waals surface area contributed by atoms with Crippen LogP contribution in [0, 0.1) is 10.1 Å². The van der Waals surface area contributed by atoms with E-state index in [1.807, 2.05) is 24.4 Å². The molecule has 1 atom stereocenters. The molecule has 1 aliphatic rings. The fourth-order valence-corrected chi connectivity index (χ4v) is 4.37. The first-order valence-electron chi connectivity index (χ1n) is 10.8. The number of carbonyl (C=O) groups is 3. The van der Waals surface area contributed by atoms with E-state index in [9.17, 15) is 24.5 Å². The van der Waals surface area contributed by atoms with Gasteiger partial charge in [-0.25, -0.2) is 4.79 Å². The van der Waals surface area contributed by atoms with Crippen LogP contribution in [0.5, 0.6) is 0 Å². The van der Waals surface area contributed by atoms with Crippen molar-refractivity contribution in [2.24, 2.45) is 0 Å². The quantitative estimate of drug-likeness (QED) is 0.269. The zero-order chi connectivity index (χ0) is 25.2. The number of aromatic nitrogens is 2. The fraction of sp³-hybridized carbons (Fsp3) is 0.318. The molecule has 1 N–H and O–H groups in total. The number of amides is 4. The number of benzene rings is 1. The van der Waals surface area contributed by atoms with Crippen LogP contribution in [0.15, 0.2) is 46.2 Å². The first-order valence-corrected chi connectivity index (χ1v) is 11.6. The van der Waals surface area contributed by atoms with E-state index in [0.717, 1.165) is 9.78 Å². The maximum atomic E-state index is 13.2. The van der Waals surface area contributed by atoms with Gasteiger partial charge in [-0.15, -0.1) is 21.5 Å². The van der Waals surface area contributed by atoms with Gasteiger partial charge in [0.2, 0.25) is 11.8 Å². The van der Waals surface area contributed by atoms with Gasteiger partial charge in [0.1, 0.15) is 12.1 Å². The Labute approximate surface area is 203 Å². The number of nitrogens with zero attached hydrogens (tertiary/aromatic N) is 5. The number of imide groups is 1. The maximum absolute atomic E-state index is 13.2. The van der Waals surface area contributed by atoms with Gasteiger partial charge >= 0.3 is 6.03 Å². The third-order valence-electron chi connectivity index (χ3n) is 5.59. The van der Waals surface area contributed by atoms with Crippen LogP contribution in [0.3, 0.4) is 0 Å². The highest BCUT2D eigenvalue weighted by Gasteiger charge is 2.49. The second-order valence-electron chi connectivity index (χ2n) is 8.04. The first kappa shape index (κ1) is 24.0. The molecule has 1 saturated heterocycles. The summed E-state index contributed by atoms with van der Waals surface area (Å²) in [5, 5.41) is 23.4. The molecule has 13 heteroatoms. The van der Waals surface area contributed by atoms with Crippen molar-refractivity contribution in [1.82, 2.24) is 25.3 Å². The lowest BCUT2D eigenvalue weighted by atomic mass is 9.92. The van der Waals surface area contributed by atoms with E-state index in [4.69, 9.17) is 4.42 Å². The number of nitro groups is 1. The Morgan fingerprint density at radius 2 is 2.00 bits per heavy atom. The first-order chi connectivity index (χ1) is 16.7. The molecule has 3 heterocycles. The third kappa shape index (κ3) is 4.75. The van der Waals surface area contributed by atoms with Crippen molar-refractivity contribution in [2.45, 2.75) is 32.4 Å². The van der Waals surface area contributed by atoms with E-state index in [0.29, 0.717) is 24.4 Å². The molecule has 182 valence electrons. The minimum absolute atomic E-state index is 0.0360. The summed E-state index contributed by atoms with van der Waals surface area (Å²) in [7, 11) is 0. The largest absolute Gasteiger partial charge is 0.418 e. The van der Waals surface area contributed by atoms with E-state index in [1.165, 1.54) is 47.4 Å². The van der Waals surface area contributed by atoms with Crippen LogP contribution in [-0.2, 0) is 21.7 Å². The Kier molecular flexibility index (Phi) is 6.60. The predicted molar refractivity (Wildman–Crippen MR) is 124 cm³/mol. The lowest BCUT2D eigenvalue weighted by Gasteiger charge is -2.24. The molecule has 4 rings (SSSR count). The lowest BCUT2D eigenvalue weighted by molar-refractivity contribution is -0.384. The summed E-state index contributed by atoms with van der Waals surface area (Å²) >= 11 is 1.45. The molecule has 12 nitrogen and oxygen atoms in total. The maximum Gasteiger partial charge on any atom is 0.325 e. The highest BCUT2D eigenvalue weighted by atomic mass is 32.1. The monoisotopic (exact) mass is 498 g/mol. The molecule has 0 aliphatic carbocycles. The number of rotatable bonds is 9. The van der Waals surface area contributed by atoms with Crippen molar-refractivity contribution < 1.29 is 23.7 Å². The Hall–Kier alpha value is -4.13. The van der Waals surface area contributed by atoms with Crippen molar-refractivity contribution in [3.05, 3.63) is 63.3 Å². The third-order valence-corrected chi connectivity index (χ3v) is 6.45. The molecular weight excluding hydrogens is 476 g/mol. The van der Waals surface area contributed by atoms with E-state index in [-0.39, 0.29) is 18.1 Å². The highest BCUT2D eigenvalue weighted by Crippen LogP contribution is 2.30. The molecule has 1 aromatic carbocycles. The van der Waals surface area contributed by atoms with E-state index >= 15 is 0 Å². The van der Waals surface area contributed by atoms with Crippen LogP contribution in [0.25, 0.3) is 10.8 Å². The Bertz CT molecular complexity index is 1260. The van der Waals surface area contributed by atoms with Gasteiger partial charge in [0.05, 0.1) is 16.3 Å². The second-order valence-corrected chi connectivity index (χ2v) is 8.99. The van der Waals surface area contributed by atoms with Gasteiger partial charge in [0, 0.05) is 18.7 Å². The molecule has 0 saturated carbocycles. The van der Waals surface area contributed by atoms with Gasteiger partial charge in [-0.05, 0) is 42.5 Å². The Morgan fingerprint density at radius 3 is 2.63 bits per heavy atom. The normalized spacial score (nSPS) is 17.5. The summed E-state index contributed by atoms with van der Waals surface area (Å²) in [5.74, 6) is -0.493. The molecule has 2 aromatic heterocycles. The van der Waals surface area contributed by atoms with Gasteiger partial charge in [-0.2, -0.15) is 0 Å². The second kappa shape index (κ2) is 9.62. The summed E-state index contributed by atoms with van der Waals surface area (Å²) in [5.41, 5.74) is -1.22. The summed E-state index contributed by atoms with van der Waals surface area (Å²) in [6, 6.07) is 8.31. The number of nitro benzene ring substituents is 1. The number of thiophene rings is 1. The molecule has 3 aromatic rings. The van der Waals surface area contributed by atoms with E-state index in [1.54, 1.807) is 0 Å². The summed E-state index contributed by atoms with van der Waals surface area (Å²) < 4.78 is 5.67. The average molecular weight is 499 g/mol. The van der Waals surface area contributed by atoms with Gasteiger partial charge in [0.15, 0.2) is 0 Å². The SMILES string of the molecule is CCCN(Cc1nnc(-c2cccs2)o1)C(=O)CN1C(=O)NC(C)(c2ccc([N+](=O)[O-])cc2)C1=O. The summed E-state index contributed by atoms with van der Waals surface area (Å²) in [6.45, 7) is 3.31. The van der Waals surface area contributed by atoms with Gasteiger partial charge < -0.3 is 14.6 Å². The smallest absolute Gasteiger partial charge is 0.325 e.